The van der Waals surface area contributed by atoms with Gasteiger partial charge >= 0.3 is 7.12 Å². The van der Waals surface area contributed by atoms with Crippen molar-refractivity contribution in [3.05, 3.63) is 59.2 Å². The van der Waals surface area contributed by atoms with Crippen LogP contribution in [0.4, 0.5) is 0 Å². The van der Waals surface area contributed by atoms with Crippen LogP contribution < -0.4 is 10.2 Å². The van der Waals surface area contributed by atoms with E-state index in [4.69, 9.17) is 4.74 Å². The van der Waals surface area contributed by atoms with E-state index in [0.717, 1.165) is 16.9 Å². The van der Waals surface area contributed by atoms with Crippen molar-refractivity contribution < 1.29 is 14.8 Å². The zero-order valence-electron chi connectivity index (χ0n) is 12.7. The molecule has 0 atom stereocenters. The first kappa shape index (κ1) is 15.6. The molecule has 4 heteroatoms. The molecule has 110 valence electrons. The molecule has 3 nitrogen and oxygen atoms in total. The summed E-state index contributed by atoms with van der Waals surface area (Å²) in [6.45, 7) is 6.61. The molecule has 2 aromatic rings. The molecule has 0 fully saturated rings. The molecule has 2 rings (SSSR count). The van der Waals surface area contributed by atoms with Gasteiger partial charge in [0.2, 0.25) is 0 Å². The number of hydrogen-bond donors (Lipinski definition) is 2. The molecule has 0 amide bonds. The highest BCUT2D eigenvalue weighted by molar-refractivity contribution is 6.59. The molecule has 0 aliphatic carbocycles. The number of rotatable bonds is 5. The number of hydrogen-bond acceptors (Lipinski definition) is 3. The Morgan fingerprint density at radius 1 is 1.10 bits per heavy atom. The fraction of sp³-hybridized carbons (Fsp3) is 0.294. The van der Waals surface area contributed by atoms with Crippen LogP contribution in [-0.2, 0) is 6.61 Å². The van der Waals surface area contributed by atoms with E-state index in [2.05, 4.69) is 32.0 Å². The van der Waals surface area contributed by atoms with E-state index >= 15 is 0 Å². The Labute approximate surface area is 126 Å². The largest absolute Gasteiger partial charge is 0.489 e. The smallest absolute Gasteiger partial charge is 0.488 e. The molecule has 21 heavy (non-hydrogen) atoms. The lowest BCUT2D eigenvalue weighted by Crippen LogP contribution is -2.33. The van der Waals surface area contributed by atoms with E-state index < -0.39 is 7.12 Å². The minimum Gasteiger partial charge on any atom is -0.489 e. The maximum absolute atomic E-state index is 9.37. The molecular weight excluding hydrogens is 263 g/mol. The molecule has 0 heterocycles. The maximum atomic E-state index is 9.37. The molecule has 0 saturated heterocycles. The second-order valence-corrected chi connectivity index (χ2v) is 5.54. The molecule has 0 saturated carbocycles. The topological polar surface area (TPSA) is 49.7 Å². The van der Waals surface area contributed by atoms with Gasteiger partial charge in [-0.1, -0.05) is 50.2 Å². The van der Waals surface area contributed by atoms with Crippen LogP contribution in [0.3, 0.4) is 0 Å². The van der Waals surface area contributed by atoms with E-state index in [1.165, 1.54) is 5.56 Å². The monoisotopic (exact) mass is 284 g/mol. The first-order valence-electron chi connectivity index (χ1n) is 7.16. The lowest BCUT2D eigenvalue weighted by molar-refractivity contribution is 0.304. The van der Waals surface area contributed by atoms with E-state index in [9.17, 15) is 10.0 Å². The quantitative estimate of drug-likeness (QED) is 0.829. The van der Waals surface area contributed by atoms with Crippen LogP contribution in [0.2, 0.25) is 0 Å². The molecular formula is C17H21BO3. The Kier molecular flexibility index (Phi) is 5.05. The second kappa shape index (κ2) is 6.79. The number of benzene rings is 2. The summed E-state index contributed by atoms with van der Waals surface area (Å²) in [5, 5.41) is 18.7. The van der Waals surface area contributed by atoms with Crippen molar-refractivity contribution in [2.24, 2.45) is 0 Å². The predicted molar refractivity (Wildman–Crippen MR) is 85.9 cm³/mol. The van der Waals surface area contributed by atoms with Crippen molar-refractivity contribution in [3.8, 4) is 5.75 Å². The third kappa shape index (κ3) is 3.87. The summed E-state index contributed by atoms with van der Waals surface area (Å²) in [4.78, 5) is 0. The number of ether oxygens (including phenoxy) is 1. The van der Waals surface area contributed by atoms with Crippen molar-refractivity contribution in [3.63, 3.8) is 0 Å². The maximum Gasteiger partial charge on any atom is 0.488 e. The van der Waals surface area contributed by atoms with Gasteiger partial charge in [0.05, 0.1) is 0 Å². The fourth-order valence-electron chi connectivity index (χ4n) is 2.20. The Balaban J connectivity index is 2.19. The fourth-order valence-corrected chi connectivity index (χ4v) is 2.20. The van der Waals surface area contributed by atoms with Crippen LogP contribution in [0.5, 0.6) is 5.75 Å². The highest BCUT2D eigenvalue weighted by Crippen LogP contribution is 2.24. The zero-order chi connectivity index (χ0) is 15.4. The average Bonchev–Trinajstić information content (AvgIpc) is 2.46. The van der Waals surface area contributed by atoms with Gasteiger partial charge < -0.3 is 14.8 Å². The Bertz CT molecular complexity index is 609. The van der Waals surface area contributed by atoms with Crippen LogP contribution in [0, 0.1) is 6.92 Å². The van der Waals surface area contributed by atoms with Crippen LogP contribution in [0.25, 0.3) is 0 Å². The minimum atomic E-state index is -1.48. The van der Waals surface area contributed by atoms with Gasteiger partial charge in [-0.15, -0.1) is 0 Å². The van der Waals surface area contributed by atoms with Gasteiger partial charge in [-0.25, -0.2) is 0 Å². The van der Waals surface area contributed by atoms with Gasteiger partial charge in [-0.2, -0.15) is 0 Å². The molecule has 0 aliphatic heterocycles. The molecule has 0 radical (unpaired) electrons. The van der Waals surface area contributed by atoms with Crippen LogP contribution >= 0.6 is 0 Å². The Morgan fingerprint density at radius 3 is 2.48 bits per heavy atom. The van der Waals surface area contributed by atoms with Gasteiger partial charge in [0.15, 0.2) is 0 Å². The zero-order valence-corrected chi connectivity index (χ0v) is 12.7. The van der Waals surface area contributed by atoms with Gasteiger partial charge in [0.1, 0.15) is 12.4 Å². The van der Waals surface area contributed by atoms with Gasteiger partial charge in [-0.3, -0.25) is 0 Å². The standard InChI is InChI=1S/C17H21BO3/c1-12(2)14-9-8-13(3)17(10-14)21-11-15-6-4-5-7-16(15)18(19)20/h4-10,12,19-20H,11H2,1-3H3. The Hall–Kier alpha value is -1.78. The predicted octanol–water partition coefficient (Wildman–Crippen LogP) is 2.38. The minimum absolute atomic E-state index is 0.316. The third-order valence-corrected chi connectivity index (χ3v) is 3.60. The van der Waals surface area contributed by atoms with E-state index in [0.29, 0.717) is 18.0 Å². The van der Waals surface area contributed by atoms with Gasteiger partial charge in [0.25, 0.3) is 0 Å². The molecule has 0 aromatic heterocycles. The summed E-state index contributed by atoms with van der Waals surface area (Å²) in [6, 6.07) is 13.4. The lowest BCUT2D eigenvalue weighted by Gasteiger charge is -2.14. The summed E-state index contributed by atoms with van der Waals surface area (Å²) in [5.41, 5.74) is 3.56. The highest BCUT2D eigenvalue weighted by Gasteiger charge is 2.15. The summed E-state index contributed by atoms with van der Waals surface area (Å²) in [6.07, 6.45) is 0. The van der Waals surface area contributed by atoms with Gasteiger partial charge in [0, 0.05) is 0 Å². The first-order chi connectivity index (χ1) is 9.99. The first-order valence-corrected chi connectivity index (χ1v) is 7.16. The summed E-state index contributed by atoms with van der Waals surface area (Å²) in [5.74, 6) is 1.28. The van der Waals surface area contributed by atoms with Crippen molar-refractivity contribution in [2.75, 3.05) is 0 Å². The second-order valence-electron chi connectivity index (χ2n) is 5.54. The van der Waals surface area contributed by atoms with Crippen LogP contribution in [-0.4, -0.2) is 17.2 Å². The lowest BCUT2D eigenvalue weighted by atomic mass is 9.77. The average molecular weight is 284 g/mol. The summed E-state index contributed by atoms with van der Waals surface area (Å²) < 4.78 is 5.88. The molecule has 0 bridgehead atoms. The highest BCUT2D eigenvalue weighted by atomic mass is 16.5. The van der Waals surface area contributed by atoms with E-state index in [1.54, 1.807) is 12.1 Å². The molecule has 0 aliphatic rings. The van der Waals surface area contributed by atoms with Gasteiger partial charge in [-0.05, 0) is 41.1 Å². The van der Waals surface area contributed by atoms with Crippen molar-refractivity contribution in [2.45, 2.75) is 33.3 Å². The molecule has 2 N–H and O–H groups in total. The van der Waals surface area contributed by atoms with Crippen LogP contribution in [0.15, 0.2) is 42.5 Å². The molecule has 2 aromatic carbocycles. The van der Waals surface area contributed by atoms with E-state index in [-0.39, 0.29) is 0 Å². The molecule has 0 spiro atoms. The normalized spacial score (nSPS) is 10.8. The van der Waals surface area contributed by atoms with Crippen molar-refractivity contribution >= 4 is 12.6 Å². The van der Waals surface area contributed by atoms with E-state index in [1.807, 2.05) is 19.1 Å². The summed E-state index contributed by atoms with van der Waals surface area (Å²) >= 11 is 0. The third-order valence-electron chi connectivity index (χ3n) is 3.60. The van der Waals surface area contributed by atoms with Crippen molar-refractivity contribution in [1.29, 1.82) is 0 Å². The van der Waals surface area contributed by atoms with Crippen molar-refractivity contribution in [1.82, 2.24) is 0 Å². The number of aryl methyl sites for hydroxylation is 1. The SMILES string of the molecule is Cc1ccc(C(C)C)cc1OCc1ccccc1B(O)O. The molecule has 0 unspecified atom stereocenters. The summed E-state index contributed by atoms with van der Waals surface area (Å²) in [7, 11) is -1.48. The Morgan fingerprint density at radius 2 is 1.81 bits per heavy atom. The van der Waals surface area contributed by atoms with Crippen LogP contribution in [0.1, 0.15) is 36.5 Å².